The summed E-state index contributed by atoms with van der Waals surface area (Å²) in [5.41, 5.74) is 1.04. The molecule has 0 spiro atoms. The van der Waals surface area contributed by atoms with E-state index in [1.165, 1.54) is 0 Å². The minimum Gasteiger partial charge on any atom is -0.381 e. The Morgan fingerprint density at radius 2 is 2.33 bits per heavy atom. The molecule has 1 N–H and O–H groups in total. The van der Waals surface area contributed by atoms with Gasteiger partial charge >= 0.3 is 0 Å². The van der Waals surface area contributed by atoms with Crippen molar-refractivity contribution in [2.75, 3.05) is 52.8 Å². The van der Waals surface area contributed by atoms with E-state index in [1.807, 2.05) is 26.0 Å². The Morgan fingerprint density at radius 1 is 1.52 bits per heavy atom. The van der Waals surface area contributed by atoms with Crippen molar-refractivity contribution in [2.45, 2.75) is 13.0 Å². The van der Waals surface area contributed by atoms with Gasteiger partial charge in [-0.25, -0.2) is 4.98 Å². The van der Waals surface area contributed by atoms with Gasteiger partial charge in [0.1, 0.15) is 0 Å². The number of aliphatic imine (C=N–C) groups is 1. The van der Waals surface area contributed by atoms with Crippen molar-refractivity contribution in [1.29, 1.82) is 0 Å². The van der Waals surface area contributed by atoms with Gasteiger partial charge in [-0.15, -0.1) is 11.3 Å². The van der Waals surface area contributed by atoms with Crippen LogP contribution in [0, 0.1) is 5.92 Å². The van der Waals surface area contributed by atoms with Gasteiger partial charge in [-0.3, -0.25) is 4.99 Å². The number of nitrogens with zero attached hydrogens (tertiary/aromatic N) is 4. The Kier molecular flexibility index (Phi) is 5.81. The van der Waals surface area contributed by atoms with Gasteiger partial charge in [-0.1, -0.05) is 0 Å². The summed E-state index contributed by atoms with van der Waals surface area (Å²) in [5.74, 6) is 1.51. The maximum atomic E-state index is 5.43. The van der Waals surface area contributed by atoms with E-state index in [2.05, 4.69) is 32.6 Å². The smallest absolute Gasteiger partial charge is 0.193 e. The summed E-state index contributed by atoms with van der Waals surface area (Å²) in [6.45, 7) is 3.42. The van der Waals surface area contributed by atoms with Crippen LogP contribution in [0.25, 0.3) is 0 Å². The number of thiazole rings is 1. The third-order valence-corrected chi connectivity index (χ3v) is 4.54. The van der Waals surface area contributed by atoms with Gasteiger partial charge in [0.15, 0.2) is 11.1 Å². The second-order valence-corrected chi connectivity index (χ2v) is 6.36. The van der Waals surface area contributed by atoms with E-state index in [4.69, 9.17) is 4.74 Å². The normalized spacial score (nSPS) is 18.9. The molecule has 1 atom stereocenters. The molecule has 21 heavy (non-hydrogen) atoms. The zero-order chi connectivity index (χ0) is 15.2. The van der Waals surface area contributed by atoms with E-state index in [9.17, 15) is 0 Å². The van der Waals surface area contributed by atoms with E-state index < -0.39 is 0 Å². The molecule has 6 nitrogen and oxygen atoms in total. The van der Waals surface area contributed by atoms with Crippen LogP contribution in [0.5, 0.6) is 0 Å². The molecule has 0 radical (unpaired) electrons. The fraction of sp³-hybridized carbons (Fsp3) is 0.714. The number of ether oxygens (including phenoxy) is 1. The molecular formula is C14H25N5OS. The quantitative estimate of drug-likeness (QED) is 0.655. The van der Waals surface area contributed by atoms with Crippen molar-refractivity contribution in [3.8, 4) is 0 Å². The molecule has 7 heteroatoms. The molecule has 1 aliphatic rings. The van der Waals surface area contributed by atoms with Crippen LogP contribution in [0.2, 0.25) is 0 Å². The van der Waals surface area contributed by atoms with E-state index in [0.29, 0.717) is 12.5 Å². The van der Waals surface area contributed by atoms with Gasteiger partial charge in [0.2, 0.25) is 0 Å². The summed E-state index contributed by atoms with van der Waals surface area (Å²) >= 11 is 1.66. The van der Waals surface area contributed by atoms with Gasteiger partial charge in [-0.2, -0.15) is 0 Å². The van der Waals surface area contributed by atoms with E-state index in [1.54, 1.807) is 11.3 Å². The highest BCUT2D eigenvalue weighted by atomic mass is 32.1. The molecule has 0 aromatic carbocycles. The molecule has 0 saturated carbocycles. The van der Waals surface area contributed by atoms with Crippen LogP contribution < -0.4 is 10.2 Å². The summed E-state index contributed by atoms with van der Waals surface area (Å²) < 4.78 is 5.43. The number of hydrogen-bond acceptors (Lipinski definition) is 5. The molecule has 2 heterocycles. The molecule has 1 saturated heterocycles. The lowest BCUT2D eigenvalue weighted by Gasteiger charge is -2.24. The maximum absolute atomic E-state index is 5.43. The van der Waals surface area contributed by atoms with Crippen LogP contribution in [0.15, 0.2) is 10.4 Å². The lowest BCUT2D eigenvalue weighted by molar-refractivity contribution is 0.181. The first-order valence-electron chi connectivity index (χ1n) is 7.21. The predicted octanol–water partition coefficient (Wildman–Crippen LogP) is 1.25. The third-order valence-electron chi connectivity index (χ3n) is 3.48. The average Bonchev–Trinajstić information content (AvgIpc) is 3.10. The molecule has 1 aromatic heterocycles. The number of hydrogen-bond donors (Lipinski definition) is 1. The largest absolute Gasteiger partial charge is 0.381 e. The number of anilines is 1. The average molecular weight is 311 g/mol. The van der Waals surface area contributed by atoms with Crippen LogP contribution >= 0.6 is 11.3 Å². The SMILES string of the molecule is CN=C(NCc1csc(N(C)C)n1)N(C)CC1CCOC1. The number of guanidine groups is 1. The molecule has 1 fully saturated rings. The summed E-state index contributed by atoms with van der Waals surface area (Å²) in [6, 6.07) is 0. The fourth-order valence-corrected chi connectivity index (χ4v) is 3.10. The van der Waals surface area contributed by atoms with E-state index >= 15 is 0 Å². The predicted molar refractivity (Wildman–Crippen MR) is 88.2 cm³/mol. The Bertz CT molecular complexity index is 468. The Morgan fingerprint density at radius 3 is 2.90 bits per heavy atom. The van der Waals surface area contributed by atoms with Crippen LogP contribution in [-0.4, -0.2) is 63.8 Å². The van der Waals surface area contributed by atoms with Crippen molar-refractivity contribution in [3.05, 3.63) is 11.1 Å². The second kappa shape index (κ2) is 7.61. The van der Waals surface area contributed by atoms with Crippen LogP contribution in [0.4, 0.5) is 5.13 Å². The summed E-state index contributed by atoms with van der Waals surface area (Å²) in [4.78, 5) is 13.1. The Hall–Kier alpha value is -1.34. The second-order valence-electron chi connectivity index (χ2n) is 5.53. The molecular weight excluding hydrogens is 286 g/mol. The Balaban J connectivity index is 1.83. The Labute approximate surface area is 130 Å². The fourth-order valence-electron chi connectivity index (χ4n) is 2.34. The first kappa shape index (κ1) is 16.0. The first-order chi connectivity index (χ1) is 10.1. The van der Waals surface area contributed by atoms with Crippen molar-refractivity contribution in [1.82, 2.24) is 15.2 Å². The molecule has 0 aliphatic carbocycles. The third kappa shape index (κ3) is 4.57. The van der Waals surface area contributed by atoms with Gasteiger partial charge in [-0.05, 0) is 6.42 Å². The van der Waals surface area contributed by atoms with Crippen molar-refractivity contribution < 1.29 is 4.74 Å². The zero-order valence-corrected chi connectivity index (χ0v) is 14.1. The van der Waals surface area contributed by atoms with Crippen LogP contribution in [0.3, 0.4) is 0 Å². The molecule has 0 amide bonds. The topological polar surface area (TPSA) is 53.0 Å². The molecule has 1 aromatic rings. The van der Waals surface area contributed by atoms with Crippen molar-refractivity contribution >= 4 is 22.4 Å². The highest BCUT2D eigenvalue weighted by Gasteiger charge is 2.19. The minimum absolute atomic E-state index is 0.605. The van der Waals surface area contributed by atoms with Gasteiger partial charge in [0, 0.05) is 52.6 Å². The monoisotopic (exact) mass is 311 g/mol. The van der Waals surface area contributed by atoms with E-state index in [-0.39, 0.29) is 0 Å². The molecule has 1 aliphatic heterocycles. The highest BCUT2D eigenvalue weighted by Crippen LogP contribution is 2.17. The van der Waals surface area contributed by atoms with Gasteiger partial charge in [0.05, 0.1) is 18.8 Å². The molecule has 1 unspecified atom stereocenters. The summed E-state index contributed by atoms with van der Waals surface area (Å²) in [7, 11) is 7.90. The van der Waals surface area contributed by atoms with Crippen molar-refractivity contribution in [2.24, 2.45) is 10.9 Å². The number of nitrogens with one attached hydrogen (secondary N) is 1. The number of rotatable bonds is 5. The van der Waals surface area contributed by atoms with Crippen LogP contribution in [-0.2, 0) is 11.3 Å². The van der Waals surface area contributed by atoms with Gasteiger partial charge in [0.25, 0.3) is 0 Å². The maximum Gasteiger partial charge on any atom is 0.193 e. The standard InChI is InChI=1S/C14H25N5OS/c1-15-13(19(4)8-11-5-6-20-9-11)16-7-12-10-21-14(17-12)18(2)3/h10-11H,5-9H2,1-4H3,(H,15,16). The molecule has 118 valence electrons. The van der Waals surface area contributed by atoms with Gasteiger partial charge < -0.3 is 19.9 Å². The molecule has 2 rings (SSSR count). The molecule has 0 bridgehead atoms. The lowest BCUT2D eigenvalue weighted by atomic mass is 10.1. The van der Waals surface area contributed by atoms with Crippen LogP contribution in [0.1, 0.15) is 12.1 Å². The van der Waals surface area contributed by atoms with Crippen molar-refractivity contribution in [3.63, 3.8) is 0 Å². The van der Waals surface area contributed by atoms with E-state index in [0.717, 1.165) is 43.0 Å². The zero-order valence-electron chi connectivity index (χ0n) is 13.3. The lowest BCUT2D eigenvalue weighted by Crippen LogP contribution is -2.41. The number of aromatic nitrogens is 1. The first-order valence-corrected chi connectivity index (χ1v) is 8.09. The summed E-state index contributed by atoms with van der Waals surface area (Å²) in [6.07, 6.45) is 1.14. The minimum atomic E-state index is 0.605. The highest BCUT2D eigenvalue weighted by molar-refractivity contribution is 7.13. The summed E-state index contributed by atoms with van der Waals surface area (Å²) in [5, 5.41) is 6.48.